The maximum atomic E-state index is 12.3. The first-order chi connectivity index (χ1) is 10.4. The SMILES string of the molecule is COC(=O)[C@@H](C)CC(=O)c1cc2c(Br)c(O)c(OC)cc2s1. The summed E-state index contributed by atoms with van der Waals surface area (Å²) in [5.74, 6) is -0.702. The summed E-state index contributed by atoms with van der Waals surface area (Å²) in [6.07, 6.45) is 0.0836. The molecule has 0 aliphatic carbocycles. The van der Waals surface area contributed by atoms with Gasteiger partial charge in [0, 0.05) is 22.6 Å². The van der Waals surface area contributed by atoms with Crippen molar-refractivity contribution in [2.45, 2.75) is 13.3 Å². The highest BCUT2D eigenvalue weighted by atomic mass is 79.9. The number of halogens is 1. The third kappa shape index (κ3) is 3.10. The van der Waals surface area contributed by atoms with E-state index >= 15 is 0 Å². The molecule has 1 aromatic carbocycles. The summed E-state index contributed by atoms with van der Waals surface area (Å²) in [5, 5.41) is 10.7. The van der Waals surface area contributed by atoms with Crippen LogP contribution in [0.2, 0.25) is 0 Å². The molecule has 0 spiro atoms. The number of rotatable bonds is 5. The summed E-state index contributed by atoms with van der Waals surface area (Å²) in [6, 6.07) is 3.39. The molecule has 0 fully saturated rings. The lowest BCUT2D eigenvalue weighted by molar-refractivity contribution is -0.144. The Kier molecular flexibility index (Phi) is 5.08. The number of benzene rings is 1. The zero-order valence-corrected chi connectivity index (χ0v) is 14.7. The molecule has 7 heteroatoms. The van der Waals surface area contributed by atoms with Gasteiger partial charge in [0.05, 0.1) is 29.5 Å². The second kappa shape index (κ2) is 6.66. The number of hydrogen-bond donors (Lipinski definition) is 1. The molecule has 1 aromatic heterocycles. The Morgan fingerprint density at radius 3 is 2.64 bits per heavy atom. The molecule has 0 unspecified atom stereocenters. The molecular weight excluding hydrogens is 372 g/mol. The molecule has 1 heterocycles. The topological polar surface area (TPSA) is 72.8 Å². The number of ketones is 1. The van der Waals surface area contributed by atoms with Crippen molar-refractivity contribution in [1.82, 2.24) is 0 Å². The number of thiophene rings is 1. The lowest BCUT2D eigenvalue weighted by Gasteiger charge is -2.06. The van der Waals surface area contributed by atoms with Crippen LogP contribution in [0.15, 0.2) is 16.6 Å². The highest BCUT2D eigenvalue weighted by molar-refractivity contribution is 9.10. The molecule has 0 saturated carbocycles. The van der Waals surface area contributed by atoms with Gasteiger partial charge >= 0.3 is 5.97 Å². The van der Waals surface area contributed by atoms with Gasteiger partial charge < -0.3 is 14.6 Å². The molecule has 5 nitrogen and oxygen atoms in total. The van der Waals surface area contributed by atoms with Crippen LogP contribution in [0.4, 0.5) is 0 Å². The molecule has 0 bridgehead atoms. The number of phenols is 1. The maximum absolute atomic E-state index is 12.3. The van der Waals surface area contributed by atoms with E-state index in [1.54, 1.807) is 19.1 Å². The van der Waals surface area contributed by atoms with Gasteiger partial charge in [-0.25, -0.2) is 0 Å². The first kappa shape index (κ1) is 16.8. The Bertz CT molecular complexity index is 737. The van der Waals surface area contributed by atoms with Crippen LogP contribution >= 0.6 is 27.3 Å². The molecule has 2 rings (SSSR count). The van der Waals surface area contributed by atoms with Gasteiger partial charge in [0.2, 0.25) is 0 Å². The molecule has 1 N–H and O–H groups in total. The Balaban J connectivity index is 2.35. The molecule has 0 amide bonds. The summed E-state index contributed by atoms with van der Waals surface area (Å²) in [6.45, 7) is 1.65. The van der Waals surface area contributed by atoms with E-state index in [1.165, 1.54) is 25.6 Å². The average molecular weight is 387 g/mol. The Labute approximate surface area is 140 Å². The summed E-state index contributed by atoms with van der Waals surface area (Å²) in [7, 11) is 2.76. The third-order valence-corrected chi connectivity index (χ3v) is 5.22. The van der Waals surface area contributed by atoms with E-state index in [1.807, 2.05) is 0 Å². The minimum atomic E-state index is -0.492. The van der Waals surface area contributed by atoms with Crippen molar-refractivity contribution >= 4 is 49.1 Å². The Morgan fingerprint density at radius 1 is 1.36 bits per heavy atom. The quantitative estimate of drug-likeness (QED) is 0.625. The van der Waals surface area contributed by atoms with Crippen LogP contribution in [0.5, 0.6) is 11.5 Å². The molecule has 0 radical (unpaired) electrons. The number of Topliss-reactive ketones (excluding diaryl/α,β-unsaturated/α-hetero) is 1. The molecule has 0 saturated heterocycles. The van der Waals surface area contributed by atoms with Crippen LogP contribution in [0, 0.1) is 5.92 Å². The van der Waals surface area contributed by atoms with E-state index in [2.05, 4.69) is 20.7 Å². The average Bonchev–Trinajstić information content (AvgIpc) is 2.94. The van der Waals surface area contributed by atoms with Crippen LogP contribution in [0.3, 0.4) is 0 Å². The molecular formula is C15H15BrO5S. The van der Waals surface area contributed by atoms with Gasteiger partial charge in [-0.1, -0.05) is 6.92 Å². The van der Waals surface area contributed by atoms with Crippen LogP contribution in [0.25, 0.3) is 10.1 Å². The third-order valence-electron chi connectivity index (χ3n) is 3.29. The van der Waals surface area contributed by atoms with Gasteiger partial charge in [0.1, 0.15) is 0 Å². The van der Waals surface area contributed by atoms with Crippen LogP contribution in [-0.2, 0) is 9.53 Å². The lowest BCUT2D eigenvalue weighted by atomic mass is 10.0. The number of fused-ring (bicyclic) bond motifs is 1. The monoisotopic (exact) mass is 386 g/mol. The highest BCUT2D eigenvalue weighted by Gasteiger charge is 2.21. The van der Waals surface area contributed by atoms with Gasteiger partial charge in [-0.3, -0.25) is 9.59 Å². The maximum Gasteiger partial charge on any atom is 0.308 e. The summed E-state index contributed by atoms with van der Waals surface area (Å²) < 4.78 is 11.0. The van der Waals surface area contributed by atoms with E-state index in [0.29, 0.717) is 15.1 Å². The van der Waals surface area contributed by atoms with Crippen molar-refractivity contribution in [3.63, 3.8) is 0 Å². The zero-order valence-electron chi connectivity index (χ0n) is 12.3. The number of hydrogen-bond acceptors (Lipinski definition) is 6. The van der Waals surface area contributed by atoms with E-state index in [-0.39, 0.29) is 18.0 Å². The van der Waals surface area contributed by atoms with Crippen molar-refractivity contribution in [1.29, 1.82) is 0 Å². The number of aromatic hydroxyl groups is 1. The predicted molar refractivity (Wildman–Crippen MR) is 87.9 cm³/mol. The van der Waals surface area contributed by atoms with E-state index in [4.69, 9.17) is 4.74 Å². The van der Waals surface area contributed by atoms with Crippen LogP contribution in [-0.4, -0.2) is 31.1 Å². The van der Waals surface area contributed by atoms with Gasteiger partial charge in [-0.15, -0.1) is 11.3 Å². The molecule has 0 aliphatic rings. The highest BCUT2D eigenvalue weighted by Crippen LogP contribution is 2.43. The van der Waals surface area contributed by atoms with E-state index in [0.717, 1.165) is 10.1 Å². The van der Waals surface area contributed by atoms with E-state index in [9.17, 15) is 14.7 Å². The fourth-order valence-corrected chi connectivity index (χ4v) is 3.77. The molecule has 22 heavy (non-hydrogen) atoms. The summed E-state index contributed by atoms with van der Waals surface area (Å²) in [5.41, 5.74) is 0. The van der Waals surface area contributed by atoms with Crippen molar-refractivity contribution < 1.29 is 24.2 Å². The second-order valence-corrected chi connectivity index (χ2v) is 6.69. The summed E-state index contributed by atoms with van der Waals surface area (Å²) in [4.78, 5) is 24.2. The first-order valence-corrected chi connectivity index (χ1v) is 8.10. The normalized spacial score (nSPS) is 12.2. The fourth-order valence-electron chi connectivity index (χ4n) is 2.06. The number of phenolic OH excluding ortho intramolecular Hbond substituents is 1. The minimum absolute atomic E-state index is 0.00488. The van der Waals surface area contributed by atoms with E-state index < -0.39 is 11.9 Å². The molecule has 118 valence electrons. The largest absolute Gasteiger partial charge is 0.503 e. The summed E-state index contributed by atoms with van der Waals surface area (Å²) >= 11 is 4.61. The standard InChI is InChI=1S/C15H15BrO5S/c1-7(15(19)21-3)4-9(17)12-5-8-11(22-12)6-10(20-2)14(18)13(8)16/h5-7,18H,4H2,1-3H3/t7-/m0/s1. The molecule has 0 aliphatic heterocycles. The van der Waals surface area contributed by atoms with Crippen molar-refractivity contribution in [2.24, 2.45) is 5.92 Å². The smallest absolute Gasteiger partial charge is 0.308 e. The van der Waals surface area contributed by atoms with Gasteiger partial charge in [-0.05, 0) is 22.0 Å². The van der Waals surface area contributed by atoms with Crippen molar-refractivity contribution in [3.05, 3.63) is 21.5 Å². The minimum Gasteiger partial charge on any atom is -0.503 e. The first-order valence-electron chi connectivity index (χ1n) is 6.49. The van der Waals surface area contributed by atoms with Gasteiger partial charge in [-0.2, -0.15) is 0 Å². The fraction of sp³-hybridized carbons (Fsp3) is 0.333. The second-order valence-electron chi connectivity index (χ2n) is 4.82. The van der Waals surface area contributed by atoms with Crippen molar-refractivity contribution in [3.8, 4) is 11.5 Å². The predicted octanol–water partition coefficient (Wildman–Crippen LogP) is 3.76. The lowest BCUT2D eigenvalue weighted by Crippen LogP contribution is -2.16. The van der Waals surface area contributed by atoms with Crippen LogP contribution in [0.1, 0.15) is 23.0 Å². The van der Waals surface area contributed by atoms with Crippen molar-refractivity contribution in [2.75, 3.05) is 14.2 Å². The van der Waals surface area contributed by atoms with Gasteiger partial charge in [0.15, 0.2) is 17.3 Å². The molecule has 2 aromatic rings. The number of methoxy groups -OCH3 is 2. The number of carbonyl (C=O) groups excluding carboxylic acids is 2. The van der Waals surface area contributed by atoms with Gasteiger partial charge in [0.25, 0.3) is 0 Å². The number of carbonyl (C=O) groups is 2. The Morgan fingerprint density at radius 2 is 2.05 bits per heavy atom. The number of esters is 1. The zero-order chi connectivity index (χ0) is 16.4. The van der Waals surface area contributed by atoms with Crippen LogP contribution < -0.4 is 4.74 Å². The Hall–Kier alpha value is -1.60. The molecule has 1 atom stereocenters. The number of ether oxygens (including phenoxy) is 2.